The maximum atomic E-state index is 13.7. The van der Waals surface area contributed by atoms with Crippen LogP contribution in [0.15, 0.2) is 54.9 Å². The van der Waals surface area contributed by atoms with Crippen LogP contribution in [-0.2, 0) is 12.7 Å². The van der Waals surface area contributed by atoms with E-state index in [1.54, 1.807) is 43.6 Å². The largest absolute Gasteiger partial charge is 0.433 e. The van der Waals surface area contributed by atoms with Crippen molar-refractivity contribution in [2.45, 2.75) is 39.5 Å². The summed E-state index contributed by atoms with van der Waals surface area (Å²) in [5.41, 5.74) is 7.42. The molecule has 0 aliphatic rings. The minimum absolute atomic E-state index is 0.0201. The van der Waals surface area contributed by atoms with Crippen LogP contribution in [0, 0.1) is 13.8 Å². The van der Waals surface area contributed by atoms with Crippen molar-refractivity contribution in [3.63, 3.8) is 0 Å². The number of nitrogens with zero attached hydrogens (tertiary/aromatic N) is 5. The van der Waals surface area contributed by atoms with Crippen molar-refractivity contribution in [2.24, 2.45) is 0 Å². The van der Waals surface area contributed by atoms with Crippen molar-refractivity contribution in [2.75, 3.05) is 5.73 Å². The number of carbonyl (C=O) groups is 1. The van der Waals surface area contributed by atoms with Crippen molar-refractivity contribution in [1.29, 1.82) is 0 Å². The standard InChI is InChI=1S/C25H23F3N6O/c1-14-11-19-12-17(5-7-20(19)33-22(14)29)24(35)34(16(3)23-30-9-4-10-31-23)13-18-6-8-21(25(26,27)28)32-15(18)2/h4-12,16H,13H2,1-3H3,(H2,29,33). The van der Waals surface area contributed by atoms with Crippen molar-refractivity contribution in [3.8, 4) is 0 Å². The number of alkyl halides is 3. The zero-order chi connectivity index (χ0) is 25.3. The van der Waals surface area contributed by atoms with E-state index in [9.17, 15) is 18.0 Å². The summed E-state index contributed by atoms with van der Waals surface area (Å²) in [7, 11) is 0. The monoisotopic (exact) mass is 480 g/mol. The van der Waals surface area contributed by atoms with Gasteiger partial charge in [0.05, 0.1) is 11.6 Å². The number of hydrogen-bond acceptors (Lipinski definition) is 6. The molecule has 0 bridgehead atoms. The van der Waals surface area contributed by atoms with E-state index in [2.05, 4.69) is 19.9 Å². The number of amides is 1. The first-order valence-electron chi connectivity index (χ1n) is 10.8. The SMILES string of the molecule is Cc1cc2cc(C(=O)N(Cc3ccc(C(F)(F)F)nc3C)C(C)c3ncccn3)ccc2nc1N. The van der Waals surface area contributed by atoms with Gasteiger partial charge in [-0.1, -0.05) is 6.07 Å². The van der Waals surface area contributed by atoms with Gasteiger partial charge in [-0.2, -0.15) is 13.2 Å². The van der Waals surface area contributed by atoms with Crippen LogP contribution in [0.5, 0.6) is 0 Å². The molecule has 180 valence electrons. The zero-order valence-electron chi connectivity index (χ0n) is 19.3. The summed E-state index contributed by atoms with van der Waals surface area (Å²) >= 11 is 0. The number of nitrogen functional groups attached to an aromatic ring is 1. The molecule has 0 spiro atoms. The molecule has 1 aromatic carbocycles. The number of halogens is 3. The fraction of sp³-hybridized carbons (Fsp3) is 0.240. The highest BCUT2D eigenvalue weighted by Crippen LogP contribution is 2.30. The minimum atomic E-state index is -4.55. The molecule has 1 unspecified atom stereocenters. The summed E-state index contributed by atoms with van der Waals surface area (Å²) < 4.78 is 39.3. The second-order valence-electron chi connectivity index (χ2n) is 8.25. The maximum Gasteiger partial charge on any atom is 0.433 e. The van der Waals surface area contributed by atoms with Crippen LogP contribution in [0.2, 0.25) is 0 Å². The lowest BCUT2D eigenvalue weighted by atomic mass is 10.1. The Morgan fingerprint density at radius 1 is 1.06 bits per heavy atom. The van der Waals surface area contributed by atoms with Crippen molar-refractivity contribution in [1.82, 2.24) is 24.8 Å². The van der Waals surface area contributed by atoms with E-state index in [0.29, 0.717) is 28.3 Å². The number of aromatic nitrogens is 4. The van der Waals surface area contributed by atoms with Crippen molar-refractivity contribution >= 4 is 22.6 Å². The highest BCUT2D eigenvalue weighted by Gasteiger charge is 2.33. The van der Waals surface area contributed by atoms with Crippen LogP contribution >= 0.6 is 0 Å². The molecule has 0 saturated heterocycles. The number of benzene rings is 1. The molecule has 4 rings (SSSR count). The summed E-state index contributed by atoms with van der Waals surface area (Å²) in [6.07, 6.45) is -1.41. The lowest BCUT2D eigenvalue weighted by Gasteiger charge is -2.29. The molecular formula is C25H23F3N6O. The fourth-order valence-corrected chi connectivity index (χ4v) is 3.74. The number of nitrogens with two attached hydrogens (primary N) is 1. The molecule has 10 heteroatoms. The quantitative estimate of drug-likeness (QED) is 0.430. The van der Waals surface area contributed by atoms with E-state index < -0.39 is 17.9 Å². The van der Waals surface area contributed by atoms with Crippen molar-refractivity contribution in [3.05, 3.63) is 88.8 Å². The first-order valence-corrected chi connectivity index (χ1v) is 10.8. The molecule has 0 aliphatic carbocycles. The third kappa shape index (κ3) is 5.06. The Balaban J connectivity index is 1.74. The van der Waals surface area contributed by atoms with Gasteiger partial charge in [0.25, 0.3) is 5.91 Å². The molecular weight excluding hydrogens is 457 g/mol. The molecule has 2 N–H and O–H groups in total. The summed E-state index contributed by atoms with van der Waals surface area (Å²) in [6, 6.07) is 10.3. The van der Waals surface area contributed by atoms with Crippen molar-refractivity contribution < 1.29 is 18.0 Å². The summed E-state index contributed by atoms with van der Waals surface area (Å²) in [5, 5.41) is 0.749. The van der Waals surface area contributed by atoms with Crippen LogP contribution in [0.1, 0.15) is 51.7 Å². The van der Waals surface area contributed by atoms with E-state index in [1.807, 2.05) is 13.0 Å². The lowest BCUT2D eigenvalue weighted by Crippen LogP contribution is -2.34. The van der Waals surface area contributed by atoms with Gasteiger partial charge in [-0.05, 0) is 68.3 Å². The molecule has 4 aromatic rings. The van der Waals surface area contributed by atoms with Gasteiger partial charge in [-0.25, -0.2) is 19.9 Å². The fourth-order valence-electron chi connectivity index (χ4n) is 3.74. The molecule has 0 saturated carbocycles. The molecule has 0 radical (unpaired) electrons. The summed E-state index contributed by atoms with van der Waals surface area (Å²) in [5.74, 6) is 0.489. The van der Waals surface area contributed by atoms with Gasteiger partial charge in [0.2, 0.25) is 0 Å². The van der Waals surface area contributed by atoms with Gasteiger partial charge in [0.15, 0.2) is 0 Å². The second kappa shape index (κ2) is 9.28. The number of pyridine rings is 2. The molecule has 1 atom stereocenters. The number of fused-ring (bicyclic) bond motifs is 1. The Hall–Kier alpha value is -4.08. The minimum Gasteiger partial charge on any atom is -0.383 e. The van der Waals surface area contributed by atoms with E-state index >= 15 is 0 Å². The molecule has 0 aliphatic heterocycles. The van der Waals surface area contributed by atoms with Gasteiger partial charge in [0, 0.05) is 35.6 Å². The Kier molecular flexibility index (Phi) is 6.38. The molecule has 0 fully saturated rings. The predicted molar refractivity (Wildman–Crippen MR) is 125 cm³/mol. The van der Waals surface area contributed by atoms with Gasteiger partial charge < -0.3 is 10.6 Å². The third-order valence-corrected chi connectivity index (χ3v) is 5.81. The smallest absolute Gasteiger partial charge is 0.383 e. The number of aryl methyl sites for hydroxylation is 2. The summed E-state index contributed by atoms with van der Waals surface area (Å²) in [4.78, 5) is 31.8. The van der Waals surface area contributed by atoms with Gasteiger partial charge >= 0.3 is 6.18 Å². The zero-order valence-corrected chi connectivity index (χ0v) is 19.3. The maximum absolute atomic E-state index is 13.7. The van der Waals surface area contributed by atoms with E-state index in [0.717, 1.165) is 17.0 Å². The number of hydrogen-bond donors (Lipinski definition) is 1. The highest BCUT2D eigenvalue weighted by atomic mass is 19.4. The van der Waals surface area contributed by atoms with Crippen LogP contribution < -0.4 is 5.73 Å². The molecule has 35 heavy (non-hydrogen) atoms. The summed E-state index contributed by atoms with van der Waals surface area (Å²) in [6.45, 7) is 5.11. The molecule has 3 aromatic heterocycles. The van der Waals surface area contributed by atoms with E-state index in [4.69, 9.17) is 5.73 Å². The average Bonchev–Trinajstić information content (AvgIpc) is 2.83. The van der Waals surface area contributed by atoms with Crippen LogP contribution in [0.3, 0.4) is 0 Å². The third-order valence-electron chi connectivity index (χ3n) is 5.81. The van der Waals surface area contributed by atoms with Crippen LogP contribution in [0.25, 0.3) is 10.9 Å². The highest BCUT2D eigenvalue weighted by molar-refractivity contribution is 5.98. The Bertz CT molecular complexity index is 1390. The molecule has 7 nitrogen and oxygen atoms in total. The average molecular weight is 480 g/mol. The van der Waals surface area contributed by atoms with Gasteiger partial charge in [-0.15, -0.1) is 0 Å². The molecule has 3 heterocycles. The Labute approximate surface area is 199 Å². The second-order valence-corrected chi connectivity index (χ2v) is 8.25. The number of anilines is 1. The number of rotatable bonds is 5. The first-order chi connectivity index (χ1) is 16.5. The normalized spacial score (nSPS) is 12.5. The topological polar surface area (TPSA) is 97.9 Å². The Morgan fingerprint density at radius 2 is 1.77 bits per heavy atom. The predicted octanol–water partition coefficient (Wildman–Crippen LogP) is 5.04. The van der Waals surface area contributed by atoms with Crippen LogP contribution in [-0.4, -0.2) is 30.7 Å². The molecule has 1 amide bonds. The van der Waals surface area contributed by atoms with E-state index in [-0.39, 0.29) is 18.1 Å². The van der Waals surface area contributed by atoms with Gasteiger partial charge in [-0.3, -0.25) is 4.79 Å². The van der Waals surface area contributed by atoms with E-state index in [1.165, 1.54) is 17.9 Å². The first kappa shape index (κ1) is 24.1. The van der Waals surface area contributed by atoms with Crippen LogP contribution in [0.4, 0.5) is 19.0 Å². The Morgan fingerprint density at radius 3 is 2.43 bits per heavy atom. The lowest BCUT2D eigenvalue weighted by molar-refractivity contribution is -0.141. The number of carbonyl (C=O) groups excluding carboxylic acids is 1. The van der Waals surface area contributed by atoms with Gasteiger partial charge in [0.1, 0.15) is 17.3 Å².